The van der Waals surface area contributed by atoms with Crippen LogP contribution in [0.5, 0.6) is 0 Å². The molecule has 2 aromatic rings. The van der Waals surface area contributed by atoms with E-state index in [1.54, 1.807) is 6.07 Å². The van der Waals surface area contributed by atoms with Crippen LogP contribution in [0.1, 0.15) is 25.8 Å². The lowest BCUT2D eigenvalue weighted by Gasteiger charge is -2.05. The lowest BCUT2D eigenvalue weighted by atomic mass is 10.2. The van der Waals surface area contributed by atoms with Gasteiger partial charge < -0.3 is 9.73 Å². The largest absolute Gasteiger partial charge is 0.419 e. The van der Waals surface area contributed by atoms with E-state index in [0.29, 0.717) is 11.5 Å². The van der Waals surface area contributed by atoms with Gasteiger partial charge in [-0.05, 0) is 19.5 Å². The van der Waals surface area contributed by atoms with E-state index in [9.17, 15) is 10.1 Å². The molecule has 8 heteroatoms. The topological polar surface area (TPSA) is 94.1 Å². The molecule has 0 radical (unpaired) electrons. The van der Waals surface area contributed by atoms with E-state index in [2.05, 4.69) is 15.5 Å². The van der Waals surface area contributed by atoms with Crippen molar-refractivity contribution in [3.8, 4) is 11.5 Å². The number of rotatable bonds is 5. The number of hydrogen-bond donors (Lipinski definition) is 1. The second-order valence-corrected chi connectivity index (χ2v) is 4.62. The van der Waals surface area contributed by atoms with Gasteiger partial charge in [0, 0.05) is 22.7 Å². The van der Waals surface area contributed by atoms with Crippen LogP contribution in [-0.2, 0) is 0 Å². The lowest BCUT2D eigenvalue weighted by Crippen LogP contribution is -2.17. The average Bonchev–Trinajstić information content (AvgIpc) is 2.88. The van der Waals surface area contributed by atoms with E-state index in [-0.39, 0.29) is 22.6 Å². The predicted molar refractivity (Wildman–Crippen MR) is 73.5 cm³/mol. The number of benzene rings is 1. The van der Waals surface area contributed by atoms with Crippen molar-refractivity contribution in [3.05, 3.63) is 39.2 Å². The third-order valence-corrected chi connectivity index (χ3v) is 2.88. The maximum absolute atomic E-state index is 10.8. The summed E-state index contributed by atoms with van der Waals surface area (Å²) >= 11 is 5.86. The van der Waals surface area contributed by atoms with Gasteiger partial charge in [0.1, 0.15) is 0 Å². The van der Waals surface area contributed by atoms with Crippen LogP contribution >= 0.6 is 11.6 Å². The molecule has 0 spiro atoms. The first-order valence-corrected chi connectivity index (χ1v) is 6.41. The highest BCUT2D eigenvalue weighted by Crippen LogP contribution is 2.28. The highest BCUT2D eigenvalue weighted by Gasteiger charge is 2.17. The Morgan fingerprint density at radius 1 is 1.45 bits per heavy atom. The number of nitrogens with zero attached hydrogens (tertiary/aromatic N) is 3. The Kier molecular flexibility index (Phi) is 4.31. The highest BCUT2D eigenvalue weighted by atomic mass is 35.5. The molecule has 1 atom stereocenters. The van der Waals surface area contributed by atoms with Crippen LogP contribution in [0.4, 0.5) is 5.69 Å². The second-order valence-electron chi connectivity index (χ2n) is 4.18. The highest BCUT2D eigenvalue weighted by molar-refractivity contribution is 6.31. The van der Waals surface area contributed by atoms with E-state index in [0.717, 1.165) is 6.54 Å². The summed E-state index contributed by atoms with van der Waals surface area (Å²) in [5.74, 6) is 0.625. The summed E-state index contributed by atoms with van der Waals surface area (Å²) in [4.78, 5) is 10.3. The summed E-state index contributed by atoms with van der Waals surface area (Å²) in [7, 11) is 0. The maximum Gasteiger partial charge on any atom is 0.271 e. The second kappa shape index (κ2) is 5.98. The molecule has 7 nitrogen and oxygen atoms in total. The number of halogens is 1. The molecule has 1 heterocycles. The van der Waals surface area contributed by atoms with E-state index >= 15 is 0 Å². The Hall–Kier alpha value is -1.99. The van der Waals surface area contributed by atoms with Crippen LogP contribution in [0.15, 0.2) is 22.6 Å². The summed E-state index contributed by atoms with van der Waals surface area (Å²) < 4.78 is 5.51. The van der Waals surface area contributed by atoms with Gasteiger partial charge in [-0.1, -0.05) is 18.5 Å². The smallest absolute Gasteiger partial charge is 0.271 e. The van der Waals surface area contributed by atoms with Crippen molar-refractivity contribution in [1.82, 2.24) is 15.5 Å². The first-order chi connectivity index (χ1) is 9.51. The van der Waals surface area contributed by atoms with Gasteiger partial charge in [-0.15, -0.1) is 10.2 Å². The Balaban J connectivity index is 2.34. The molecule has 1 N–H and O–H groups in total. The van der Waals surface area contributed by atoms with Gasteiger partial charge in [0.25, 0.3) is 5.69 Å². The number of nitrogens with one attached hydrogen (secondary N) is 1. The van der Waals surface area contributed by atoms with E-state index in [4.69, 9.17) is 16.0 Å². The minimum Gasteiger partial charge on any atom is -0.419 e. The number of nitro benzene ring substituents is 1. The SMILES string of the molecule is CCNC(C)c1nnc(-c2cc(Cl)cc([N+](=O)[O-])c2)o1. The summed E-state index contributed by atoms with van der Waals surface area (Å²) in [5, 5.41) is 22.0. The zero-order valence-corrected chi connectivity index (χ0v) is 11.7. The monoisotopic (exact) mass is 296 g/mol. The summed E-state index contributed by atoms with van der Waals surface area (Å²) in [6, 6.07) is 4.07. The third-order valence-electron chi connectivity index (χ3n) is 2.66. The minimum absolute atomic E-state index is 0.0876. The Morgan fingerprint density at radius 2 is 2.20 bits per heavy atom. The van der Waals surface area contributed by atoms with Crippen LogP contribution in [0.3, 0.4) is 0 Å². The minimum atomic E-state index is -0.520. The van der Waals surface area contributed by atoms with Gasteiger partial charge in [-0.3, -0.25) is 10.1 Å². The summed E-state index contributed by atoms with van der Waals surface area (Å²) in [6.07, 6.45) is 0. The standard InChI is InChI=1S/C12H13ClN4O3/c1-3-14-7(2)11-15-16-12(20-11)8-4-9(13)6-10(5-8)17(18)19/h4-7,14H,3H2,1-2H3. The first-order valence-electron chi connectivity index (χ1n) is 6.03. The molecule has 0 aliphatic rings. The van der Waals surface area contributed by atoms with Gasteiger partial charge in [-0.2, -0.15) is 0 Å². The van der Waals surface area contributed by atoms with Crippen LogP contribution in [0.25, 0.3) is 11.5 Å². The molecule has 0 amide bonds. The Labute approximate surface area is 120 Å². The molecule has 0 saturated carbocycles. The van der Waals surface area contributed by atoms with Gasteiger partial charge in [-0.25, -0.2) is 0 Å². The van der Waals surface area contributed by atoms with Crippen LogP contribution < -0.4 is 5.32 Å². The van der Waals surface area contributed by atoms with Crippen molar-refractivity contribution in [2.75, 3.05) is 6.54 Å². The van der Waals surface area contributed by atoms with Crippen LogP contribution in [0.2, 0.25) is 5.02 Å². The molecular weight excluding hydrogens is 284 g/mol. The number of non-ortho nitro benzene ring substituents is 1. The molecule has 0 fully saturated rings. The Morgan fingerprint density at radius 3 is 2.85 bits per heavy atom. The van der Waals surface area contributed by atoms with Crippen LogP contribution in [-0.4, -0.2) is 21.7 Å². The molecular formula is C12H13ClN4O3. The summed E-state index contributed by atoms with van der Waals surface area (Å²) in [6.45, 7) is 4.62. The molecule has 0 aliphatic heterocycles. The molecule has 0 bridgehead atoms. The summed E-state index contributed by atoms with van der Waals surface area (Å²) in [5.41, 5.74) is 0.304. The van der Waals surface area contributed by atoms with E-state index < -0.39 is 4.92 Å². The number of nitro groups is 1. The molecule has 1 aromatic carbocycles. The van der Waals surface area contributed by atoms with E-state index in [1.165, 1.54) is 12.1 Å². The molecule has 2 rings (SSSR count). The van der Waals surface area contributed by atoms with Gasteiger partial charge in [0.15, 0.2) is 0 Å². The lowest BCUT2D eigenvalue weighted by molar-refractivity contribution is -0.384. The average molecular weight is 297 g/mol. The fraction of sp³-hybridized carbons (Fsp3) is 0.333. The van der Waals surface area contributed by atoms with Crippen molar-refractivity contribution in [1.29, 1.82) is 0 Å². The fourth-order valence-corrected chi connectivity index (χ4v) is 1.95. The quantitative estimate of drug-likeness (QED) is 0.673. The van der Waals surface area contributed by atoms with Crippen molar-refractivity contribution in [2.45, 2.75) is 19.9 Å². The number of hydrogen-bond acceptors (Lipinski definition) is 6. The van der Waals surface area contributed by atoms with Crippen molar-refractivity contribution in [3.63, 3.8) is 0 Å². The van der Waals surface area contributed by atoms with Gasteiger partial charge >= 0.3 is 0 Å². The normalized spacial score (nSPS) is 12.3. The molecule has 1 unspecified atom stereocenters. The van der Waals surface area contributed by atoms with E-state index in [1.807, 2.05) is 13.8 Å². The predicted octanol–water partition coefficient (Wildman–Crippen LogP) is 2.97. The Bertz CT molecular complexity index is 629. The zero-order valence-electron chi connectivity index (χ0n) is 11.0. The zero-order chi connectivity index (χ0) is 14.7. The maximum atomic E-state index is 10.8. The fourth-order valence-electron chi connectivity index (χ4n) is 1.72. The van der Waals surface area contributed by atoms with Crippen molar-refractivity contribution in [2.24, 2.45) is 0 Å². The first kappa shape index (κ1) is 14.4. The molecule has 1 aromatic heterocycles. The van der Waals surface area contributed by atoms with Crippen molar-refractivity contribution < 1.29 is 9.34 Å². The third kappa shape index (κ3) is 3.12. The van der Waals surface area contributed by atoms with Gasteiger partial charge in [0.2, 0.25) is 11.8 Å². The van der Waals surface area contributed by atoms with Crippen LogP contribution in [0, 0.1) is 10.1 Å². The van der Waals surface area contributed by atoms with Gasteiger partial charge in [0.05, 0.1) is 11.0 Å². The molecule has 0 aliphatic carbocycles. The molecule has 0 saturated heterocycles. The van der Waals surface area contributed by atoms with Crippen molar-refractivity contribution >= 4 is 17.3 Å². The molecule has 20 heavy (non-hydrogen) atoms. The molecule has 106 valence electrons. The number of aromatic nitrogens is 2.